The van der Waals surface area contributed by atoms with Gasteiger partial charge >= 0.3 is 5.97 Å². The first kappa shape index (κ1) is 15.6. The molecule has 0 amide bonds. The minimum atomic E-state index is -0.472. The zero-order valence-corrected chi connectivity index (χ0v) is 12.8. The molecule has 0 fully saturated rings. The molecular weight excluding hydrogens is 294 g/mol. The first-order chi connectivity index (χ1) is 10.2. The van der Waals surface area contributed by atoms with Crippen LogP contribution in [0.5, 0.6) is 0 Å². The van der Waals surface area contributed by atoms with Crippen LogP contribution in [0, 0.1) is 6.92 Å². The second-order valence-corrected chi connectivity index (χ2v) is 5.06. The Morgan fingerprint density at radius 1 is 1.38 bits per heavy atom. The van der Waals surface area contributed by atoms with E-state index in [1.807, 2.05) is 0 Å². The zero-order valence-electron chi connectivity index (χ0n) is 12.0. The summed E-state index contributed by atoms with van der Waals surface area (Å²) in [6.07, 6.45) is 3.52. The predicted molar refractivity (Wildman–Crippen MR) is 76.2 cm³/mol. The van der Waals surface area contributed by atoms with E-state index in [1.54, 1.807) is 6.92 Å². The average molecular weight is 311 g/mol. The summed E-state index contributed by atoms with van der Waals surface area (Å²) in [5.41, 5.74) is 0.862. The maximum Gasteiger partial charge on any atom is 0.352 e. The van der Waals surface area contributed by atoms with Gasteiger partial charge in [0.15, 0.2) is 10.8 Å². The number of oxazole rings is 1. The van der Waals surface area contributed by atoms with Crippen LogP contribution in [0.2, 0.25) is 0 Å². The van der Waals surface area contributed by atoms with Crippen LogP contribution >= 0.6 is 11.5 Å². The smallest absolute Gasteiger partial charge is 0.352 e. The Morgan fingerprint density at radius 2 is 2.24 bits per heavy atom. The molecule has 0 unspecified atom stereocenters. The van der Waals surface area contributed by atoms with Crippen molar-refractivity contribution in [2.24, 2.45) is 0 Å². The van der Waals surface area contributed by atoms with Crippen molar-refractivity contribution in [1.82, 2.24) is 14.6 Å². The van der Waals surface area contributed by atoms with E-state index < -0.39 is 5.97 Å². The molecule has 0 aliphatic heterocycles. The third-order valence-corrected chi connectivity index (χ3v) is 3.34. The summed E-state index contributed by atoms with van der Waals surface area (Å²) in [5.74, 6) is 0.0291. The van der Waals surface area contributed by atoms with Gasteiger partial charge in [-0.3, -0.25) is 0 Å². The highest BCUT2D eigenvalue weighted by Gasteiger charge is 2.21. The molecule has 114 valence electrons. The molecule has 21 heavy (non-hydrogen) atoms. The molecule has 0 atom stereocenters. The van der Waals surface area contributed by atoms with Gasteiger partial charge in [0.1, 0.15) is 24.3 Å². The number of carbonyl (C=O) groups is 1. The molecule has 0 aliphatic carbocycles. The fourth-order valence-electron chi connectivity index (χ4n) is 1.57. The molecule has 2 aromatic rings. The van der Waals surface area contributed by atoms with Crippen molar-refractivity contribution >= 4 is 17.5 Å². The van der Waals surface area contributed by atoms with Crippen molar-refractivity contribution < 1.29 is 18.7 Å². The van der Waals surface area contributed by atoms with Gasteiger partial charge in [-0.2, -0.15) is 0 Å². The third kappa shape index (κ3) is 4.33. The highest BCUT2D eigenvalue weighted by molar-refractivity contribution is 7.08. The Morgan fingerprint density at radius 3 is 2.95 bits per heavy atom. The Bertz CT molecular complexity index is 581. The fourth-order valence-corrected chi connectivity index (χ4v) is 2.14. The maximum atomic E-state index is 12.0. The summed E-state index contributed by atoms with van der Waals surface area (Å²) in [4.78, 5) is 16.4. The van der Waals surface area contributed by atoms with Crippen molar-refractivity contribution in [3.05, 3.63) is 17.0 Å². The second kappa shape index (κ2) is 7.84. The normalized spacial score (nSPS) is 10.8. The van der Waals surface area contributed by atoms with Gasteiger partial charge in [-0.25, -0.2) is 9.78 Å². The van der Waals surface area contributed by atoms with Crippen molar-refractivity contribution in [2.75, 3.05) is 19.8 Å². The van der Waals surface area contributed by atoms with E-state index in [-0.39, 0.29) is 6.61 Å². The van der Waals surface area contributed by atoms with E-state index >= 15 is 0 Å². The molecule has 0 bridgehead atoms. The molecule has 2 aromatic heterocycles. The minimum Gasteiger partial charge on any atom is -0.459 e. The van der Waals surface area contributed by atoms with Gasteiger partial charge in [-0.15, -0.1) is 5.10 Å². The van der Waals surface area contributed by atoms with Gasteiger partial charge in [-0.1, -0.05) is 17.8 Å². The summed E-state index contributed by atoms with van der Waals surface area (Å²) in [6.45, 7) is 5.08. The first-order valence-electron chi connectivity index (χ1n) is 6.72. The Kier molecular flexibility index (Phi) is 5.82. The van der Waals surface area contributed by atoms with Crippen LogP contribution in [0.1, 0.15) is 35.3 Å². The molecule has 0 aliphatic rings. The number of carbonyl (C=O) groups excluding carboxylic acids is 1. The maximum absolute atomic E-state index is 12.0. The third-order valence-electron chi connectivity index (χ3n) is 2.64. The highest BCUT2D eigenvalue weighted by Crippen LogP contribution is 2.23. The molecular formula is C13H17N3O4S. The van der Waals surface area contributed by atoms with E-state index in [0.29, 0.717) is 35.4 Å². The summed E-state index contributed by atoms with van der Waals surface area (Å²) in [5, 5.41) is 3.90. The largest absolute Gasteiger partial charge is 0.459 e. The molecule has 0 N–H and O–H groups in total. The van der Waals surface area contributed by atoms with Gasteiger partial charge in [0.25, 0.3) is 0 Å². The molecule has 0 radical (unpaired) electrons. The van der Waals surface area contributed by atoms with Crippen LogP contribution in [-0.2, 0) is 9.47 Å². The quantitative estimate of drug-likeness (QED) is 0.546. The molecule has 0 saturated carbocycles. The Hall–Kier alpha value is -1.80. The van der Waals surface area contributed by atoms with Crippen LogP contribution in [0.3, 0.4) is 0 Å². The highest BCUT2D eigenvalue weighted by atomic mass is 32.1. The molecule has 7 nitrogen and oxygen atoms in total. The standard InChI is InChI=1S/C13H17N3O4S/c1-3-4-5-18-6-7-19-13(17)12-11(15-16-21-12)10-8-20-9(2)14-10/h8H,3-7H2,1-2H3. The molecule has 0 saturated heterocycles. The molecule has 2 rings (SSSR count). The summed E-state index contributed by atoms with van der Waals surface area (Å²) in [6, 6.07) is 0. The monoisotopic (exact) mass is 311 g/mol. The second-order valence-electron chi connectivity index (χ2n) is 4.30. The van der Waals surface area contributed by atoms with Crippen LogP contribution < -0.4 is 0 Å². The lowest BCUT2D eigenvalue weighted by Gasteiger charge is -2.04. The molecule has 0 aromatic carbocycles. The van der Waals surface area contributed by atoms with Crippen molar-refractivity contribution in [3.63, 3.8) is 0 Å². The predicted octanol–water partition coefficient (Wildman–Crippen LogP) is 2.48. The van der Waals surface area contributed by atoms with E-state index in [4.69, 9.17) is 13.9 Å². The fraction of sp³-hybridized carbons (Fsp3) is 0.538. The number of ether oxygens (including phenoxy) is 2. The Balaban J connectivity index is 1.87. The number of aryl methyl sites for hydroxylation is 1. The van der Waals surface area contributed by atoms with Gasteiger partial charge in [-0.05, 0) is 18.0 Å². The van der Waals surface area contributed by atoms with Gasteiger partial charge < -0.3 is 13.9 Å². The van der Waals surface area contributed by atoms with Crippen LogP contribution in [-0.4, -0.2) is 40.4 Å². The van der Waals surface area contributed by atoms with Gasteiger partial charge in [0.05, 0.1) is 6.61 Å². The number of rotatable bonds is 8. The number of hydrogen-bond acceptors (Lipinski definition) is 8. The van der Waals surface area contributed by atoms with E-state index in [0.717, 1.165) is 24.4 Å². The zero-order chi connectivity index (χ0) is 15.1. The summed E-state index contributed by atoms with van der Waals surface area (Å²) < 4.78 is 19.4. The molecule has 2 heterocycles. The number of nitrogens with zero attached hydrogens (tertiary/aromatic N) is 3. The van der Waals surface area contributed by atoms with Gasteiger partial charge in [0.2, 0.25) is 0 Å². The van der Waals surface area contributed by atoms with Crippen molar-refractivity contribution in [3.8, 4) is 11.4 Å². The lowest BCUT2D eigenvalue weighted by Crippen LogP contribution is -2.11. The molecule has 8 heteroatoms. The SMILES string of the molecule is CCCCOCCOC(=O)c1snnc1-c1coc(C)n1. The average Bonchev–Trinajstić information content (AvgIpc) is 3.10. The summed E-state index contributed by atoms with van der Waals surface area (Å²) >= 11 is 0.976. The van der Waals surface area contributed by atoms with Crippen molar-refractivity contribution in [2.45, 2.75) is 26.7 Å². The first-order valence-corrected chi connectivity index (χ1v) is 7.49. The molecule has 0 spiro atoms. The van der Waals surface area contributed by atoms with Crippen LogP contribution in [0.4, 0.5) is 0 Å². The van der Waals surface area contributed by atoms with Crippen LogP contribution in [0.15, 0.2) is 10.7 Å². The topological polar surface area (TPSA) is 87.3 Å². The van der Waals surface area contributed by atoms with E-state index in [1.165, 1.54) is 6.26 Å². The number of hydrogen-bond donors (Lipinski definition) is 0. The van der Waals surface area contributed by atoms with Crippen molar-refractivity contribution in [1.29, 1.82) is 0 Å². The lowest BCUT2D eigenvalue weighted by molar-refractivity contribution is 0.0319. The van der Waals surface area contributed by atoms with Crippen LogP contribution in [0.25, 0.3) is 11.4 Å². The van der Waals surface area contributed by atoms with E-state index in [2.05, 4.69) is 21.5 Å². The number of aromatic nitrogens is 3. The van der Waals surface area contributed by atoms with E-state index in [9.17, 15) is 4.79 Å². The minimum absolute atomic E-state index is 0.206. The van der Waals surface area contributed by atoms with Gasteiger partial charge in [0, 0.05) is 13.5 Å². The lowest BCUT2D eigenvalue weighted by atomic mass is 10.3. The number of esters is 1. The number of unbranched alkanes of at least 4 members (excludes halogenated alkanes) is 1. The Labute approximate surface area is 126 Å². The summed E-state index contributed by atoms with van der Waals surface area (Å²) in [7, 11) is 0.